The van der Waals surface area contributed by atoms with Gasteiger partial charge in [-0.1, -0.05) is 60.7 Å². The van der Waals surface area contributed by atoms with Gasteiger partial charge in [0.25, 0.3) is 0 Å². The number of aryl methyl sites for hydroxylation is 12. The average Bonchev–Trinajstić information content (AvgIpc) is 3.16. The predicted octanol–water partition coefficient (Wildman–Crippen LogP) is 15.1. The van der Waals surface area contributed by atoms with Crippen molar-refractivity contribution < 1.29 is 39.5 Å². The highest BCUT2D eigenvalue weighted by Gasteiger charge is 2.72. The summed E-state index contributed by atoms with van der Waals surface area (Å²) in [4.78, 5) is 0.696. The Bertz CT molecular complexity index is 2400. The van der Waals surface area contributed by atoms with Gasteiger partial charge in [0, 0.05) is 0 Å². The van der Waals surface area contributed by atoms with E-state index in [4.69, 9.17) is 8.92 Å². The van der Waals surface area contributed by atoms with Crippen molar-refractivity contribution in [3.8, 4) is 17.2 Å². The fraction of sp³-hybridized carbons (Fsp3) is 0.294. The number of benzene rings is 6. The Kier molecular flexibility index (Phi) is 15.5. The second-order valence-corrected chi connectivity index (χ2v) is 16.9. The molecule has 61 heavy (non-hydrogen) atoms. The normalized spacial score (nSPS) is 12.1. The summed E-state index contributed by atoms with van der Waals surface area (Å²) in [5.41, 5.74) is 6.02. The van der Waals surface area contributed by atoms with Gasteiger partial charge < -0.3 is 8.92 Å². The molecule has 0 saturated carbocycles. The van der Waals surface area contributed by atoms with Gasteiger partial charge in [-0.05, 0) is 210 Å². The molecule has 10 heteroatoms. The van der Waals surface area contributed by atoms with Gasteiger partial charge in [0.05, 0.1) is 4.90 Å². The lowest BCUT2D eigenvalue weighted by Gasteiger charge is -2.38. The molecule has 0 bridgehead atoms. The molecule has 6 aromatic carbocycles. The highest BCUT2D eigenvalue weighted by Crippen LogP contribution is 2.56. The minimum atomic E-state index is -5.55. The van der Waals surface area contributed by atoms with Gasteiger partial charge in [0.1, 0.15) is 17.2 Å². The smallest absolute Gasteiger partial charge is 0.411 e. The molecule has 1 atom stereocenters. The average molecular weight is 861 g/mol. The van der Waals surface area contributed by atoms with Gasteiger partial charge in [-0.15, -0.1) is 0 Å². The van der Waals surface area contributed by atoms with Crippen molar-refractivity contribution >= 4 is 11.1 Å². The SMILES string of the molecule is Cc1ccc(C(c2ccc(C)c(C)c2)(C(F)(F)F)C(F)(F)F)cc1C.Cc1ccc(OS(=O)c2ccc(C)c(C)c2)cc1C.Cc1ccc(Oc2ccc(C)c(C)c2)cc1C. The van der Waals surface area contributed by atoms with E-state index in [1.807, 2.05) is 76.2 Å². The van der Waals surface area contributed by atoms with Crippen LogP contribution >= 0.6 is 0 Å². The van der Waals surface area contributed by atoms with Crippen LogP contribution in [0.2, 0.25) is 0 Å². The highest BCUT2D eigenvalue weighted by atomic mass is 32.2. The number of ether oxygens (including phenoxy) is 1. The zero-order chi connectivity index (χ0) is 45.6. The number of rotatable bonds is 7. The second kappa shape index (κ2) is 19.6. The topological polar surface area (TPSA) is 35.5 Å². The number of alkyl halides is 6. The van der Waals surface area contributed by atoms with Crippen LogP contribution in [0.4, 0.5) is 26.3 Å². The van der Waals surface area contributed by atoms with E-state index in [2.05, 4.69) is 52.0 Å². The zero-order valence-corrected chi connectivity index (χ0v) is 37.6. The van der Waals surface area contributed by atoms with Crippen molar-refractivity contribution in [3.05, 3.63) is 187 Å². The summed E-state index contributed by atoms with van der Waals surface area (Å²) in [6, 6.07) is 30.2. The molecule has 3 nitrogen and oxygen atoms in total. The maximum Gasteiger partial charge on any atom is 0.411 e. The van der Waals surface area contributed by atoms with Crippen LogP contribution in [0.15, 0.2) is 114 Å². The Hall–Kier alpha value is -5.35. The molecule has 0 aliphatic heterocycles. The molecule has 1 unspecified atom stereocenters. The molecular formula is C51H54F6O3S. The van der Waals surface area contributed by atoms with Gasteiger partial charge in [0.2, 0.25) is 16.5 Å². The first-order valence-electron chi connectivity index (χ1n) is 19.7. The van der Waals surface area contributed by atoms with E-state index in [1.54, 1.807) is 13.8 Å². The van der Waals surface area contributed by atoms with Gasteiger partial charge >= 0.3 is 12.4 Å². The maximum absolute atomic E-state index is 14.0. The molecule has 0 heterocycles. The number of halogens is 6. The van der Waals surface area contributed by atoms with Crippen molar-refractivity contribution in [2.45, 2.75) is 106 Å². The first-order chi connectivity index (χ1) is 28.3. The predicted molar refractivity (Wildman–Crippen MR) is 235 cm³/mol. The van der Waals surface area contributed by atoms with Crippen LogP contribution in [-0.2, 0) is 16.5 Å². The Labute approximate surface area is 359 Å². The van der Waals surface area contributed by atoms with E-state index < -0.39 is 40.0 Å². The Balaban J connectivity index is 0.000000206. The monoisotopic (exact) mass is 860 g/mol. The summed E-state index contributed by atoms with van der Waals surface area (Å²) in [6.07, 6.45) is -11.1. The van der Waals surface area contributed by atoms with Crippen molar-refractivity contribution in [2.75, 3.05) is 0 Å². The number of hydrogen-bond acceptors (Lipinski definition) is 3. The van der Waals surface area contributed by atoms with Gasteiger partial charge in [-0.25, -0.2) is 4.21 Å². The molecule has 0 aromatic heterocycles. The summed E-state index contributed by atoms with van der Waals surface area (Å²) in [6.45, 7) is 22.8. The fourth-order valence-electron chi connectivity index (χ4n) is 6.34. The van der Waals surface area contributed by atoms with E-state index in [0.717, 1.165) is 46.9 Å². The van der Waals surface area contributed by atoms with Crippen LogP contribution in [0.3, 0.4) is 0 Å². The summed E-state index contributed by atoms with van der Waals surface area (Å²) in [7, 11) is 0. The third kappa shape index (κ3) is 11.5. The molecule has 0 aliphatic rings. The standard InChI is InChI=1S/C19H18F6.C16H18O2S.C16H18O/c1-11-5-7-15(9-13(11)3)17(18(20,21)22,19(23,24)25)16-8-6-12(2)14(4)10-16;1-11-5-7-15(9-13(11)3)18-19(17)16-8-6-12(2)14(4)10-16;1-11-5-7-15(9-13(11)3)17-16-8-6-12(2)14(4)10-16/h5-10H,1-4H3;5-10H,1-4H3;5-10H,1-4H3. The summed E-state index contributed by atoms with van der Waals surface area (Å²) >= 11 is -1.47. The van der Waals surface area contributed by atoms with Crippen LogP contribution in [0.5, 0.6) is 17.2 Å². The Morgan fingerprint density at radius 3 is 0.984 bits per heavy atom. The van der Waals surface area contributed by atoms with Gasteiger partial charge in [-0.3, -0.25) is 0 Å². The lowest BCUT2D eigenvalue weighted by atomic mass is 9.71. The van der Waals surface area contributed by atoms with Crippen molar-refractivity contribution in [1.82, 2.24) is 0 Å². The molecule has 6 rings (SSSR count). The third-order valence-corrected chi connectivity index (χ3v) is 12.2. The molecule has 324 valence electrons. The molecule has 0 amide bonds. The summed E-state index contributed by atoms with van der Waals surface area (Å²) in [5.74, 6) is 2.44. The molecule has 0 fully saturated rings. The fourth-order valence-corrected chi connectivity index (χ4v) is 7.17. The number of hydrogen-bond donors (Lipinski definition) is 0. The van der Waals surface area contributed by atoms with Crippen LogP contribution in [0.1, 0.15) is 77.9 Å². The molecule has 0 saturated heterocycles. The van der Waals surface area contributed by atoms with E-state index in [-0.39, 0.29) is 0 Å². The summed E-state index contributed by atoms with van der Waals surface area (Å²) in [5, 5.41) is 0. The van der Waals surface area contributed by atoms with Crippen molar-refractivity contribution in [3.63, 3.8) is 0 Å². The van der Waals surface area contributed by atoms with Crippen molar-refractivity contribution in [2.24, 2.45) is 0 Å². The first-order valence-corrected chi connectivity index (χ1v) is 20.8. The van der Waals surface area contributed by atoms with Crippen LogP contribution in [0.25, 0.3) is 0 Å². The van der Waals surface area contributed by atoms with Crippen molar-refractivity contribution in [1.29, 1.82) is 0 Å². The van der Waals surface area contributed by atoms with E-state index in [9.17, 15) is 30.6 Å². The zero-order valence-electron chi connectivity index (χ0n) is 36.8. The molecule has 0 aliphatic carbocycles. The summed E-state index contributed by atoms with van der Waals surface area (Å²) < 4.78 is 107. The minimum absolute atomic E-state index is 0.374. The molecule has 0 spiro atoms. The highest BCUT2D eigenvalue weighted by molar-refractivity contribution is 7.80. The third-order valence-electron chi connectivity index (χ3n) is 11.2. The van der Waals surface area contributed by atoms with Gasteiger partial charge in [0.15, 0.2) is 0 Å². The van der Waals surface area contributed by atoms with Gasteiger partial charge in [-0.2, -0.15) is 26.3 Å². The maximum atomic E-state index is 14.0. The molecule has 0 N–H and O–H groups in total. The quantitative estimate of drug-likeness (QED) is 0.150. The second-order valence-electron chi connectivity index (χ2n) is 15.7. The lowest BCUT2D eigenvalue weighted by Crippen LogP contribution is -2.54. The minimum Gasteiger partial charge on any atom is -0.457 e. The largest absolute Gasteiger partial charge is 0.457 e. The Morgan fingerprint density at radius 1 is 0.361 bits per heavy atom. The Morgan fingerprint density at radius 2 is 0.656 bits per heavy atom. The van der Waals surface area contributed by atoms with Crippen LogP contribution in [-0.4, -0.2) is 16.6 Å². The lowest BCUT2D eigenvalue weighted by molar-refractivity contribution is -0.288. The molecule has 6 aromatic rings. The van der Waals surface area contributed by atoms with E-state index in [0.29, 0.717) is 32.9 Å². The van der Waals surface area contributed by atoms with E-state index >= 15 is 0 Å². The van der Waals surface area contributed by atoms with Crippen LogP contribution < -0.4 is 8.92 Å². The van der Waals surface area contributed by atoms with E-state index in [1.165, 1.54) is 59.4 Å². The molecular weight excluding hydrogens is 807 g/mol. The molecule has 0 radical (unpaired) electrons. The first kappa shape index (κ1) is 48.3. The van der Waals surface area contributed by atoms with Crippen LogP contribution in [0, 0.1) is 83.1 Å².